The fourth-order valence-corrected chi connectivity index (χ4v) is 4.18. The third-order valence-corrected chi connectivity index (χ3v) is 5.37. The van der Waals surface area contributed by atoms with E-state index < -0.39 is 0 Å². The number of thioether (sulfide) groups is 1. The van der Waals surface area contributed by atoms with Crippen LogP contribution in [-0.4, -0.2) is 12.4 Å². The van der Waals surface area contributed by atoms with Crippen LogP contribution in [0.4, 0.5) is 0 Å². The average Bonchev–Trinajstić information content (AvgIpc) is 2.88. The Morgan fingerprint density at radius 3 is 2.76 bits per heavy atom. The molecule has 110 valence electrons. The van der Waals surface area contributed by atoms with Gasteiger partial charge in [-0.05, 0) is 47.7 Å². The van der Waals surface area contributed by atoms with Crippen molar-refractivity contribution in [3.05, 3.63) is 59.2 Å². The van der Waals surface area contributed by atoms with Crippen molar-refractivity contribution in [3.8, 4) is 5.75 Å². The van der Waals surface area contributed by atoms with Gasteiger partial charge < -0.3 is 4.74 Å². The summed E-state index contributed by atoms with van der Waals surface area (Å²) in [7, 11) is 0. The molecule has 1 heterocycles. The maximum Gasteiger partial charge on any atom is 0.119 e. The minimum absolute atomic E-state index is 0.510. The molecule has 21 heavy (non-hydrogen) atoms. The average molecular weight is 298 g/mol. The first-order valence-electron chi connectivity index (χ1n) is 7.60. The largest absolute Gasteiger partial charge is 0.493 e. The lowest BCUT2D eigenvalue weighted by Gasteiger charge is -2.15. The fraction of sp³-hybridized carbons (Fsp3) is 0.368. The van der Waals surface area contributed by atoms with E-state index in [0.29, 0.717) is 11.8 Å². The molecule has 1 unspecified atom stereocenters. The Kier molecular flexibility index (Phi) is 4.25. The summed E-state index contributed by atoms with van der Waals surface area (Å²) in [5.74, 6) is 3.20. The van der Waals surface area contributed by atoms with Crippen LogP contribution in [0.25, 0.3) is 0 Å². The molecule has 1 aliphatic heterocycles. The van der Waals surface area contributed by atoms with Crippen molar-refractivity contribution < 1.29 is 4.74 Å². The minimum Gasteiger partial charge on any atom is -0.493 e. The zero-order chi connectivity index (χ0) is 14.8. The van der Waals surface area contributed by atoms with E-state index in [1.807, 2.05) is 11.8 Å². The van der Waals surface area contributed by atoms with Crippen molar-refractivity contribution in [2.75, 3.05) is 12.4 Å². The monoisotopic (exact) mass is 298 g/mol. The zero-order valence-electron chi connectivity index (χ0n) is 12.9. The molecule has 2 aromatic rings. The van der Waals surface area contributed by atoms with Crippen LogP contribution in [0.3, 0.4) is 0 Å². The van der Waals surface area contributed by atoms with E-state index in [2.05, 4.69) is 63.2 Å². The van der Waals surface area contributed by atoms with Gasteiger partial charge in [-0.2, -0.15) is 0 Å². The molecule has 0 saturated heterocycles. The Balaban J connectivity index is 1.68. The summed E-state index contributed by atoms with van der Waals surface area (Å²) in [6.07, 6.45) is 0. The lowest BCUT2D eigenvalue weighted by atomic mass is 9.98. The van der Waals surface area contributed by atoms with Gasteiger partial charge in [0, 0.05) is 16.6 Å². The first kappa shape index (κ1) is 14.5. The Morgan fingerprint density at radius 2 is 2.00 bits per heavy atom. The normalized spacial score (nSPS) is 17.0. The van der Waals surface area contributed by atoms with E-state index in [4.69, 9.17) is 4.74 Å². The first-order valence-corrected chi connectivity index (χ1v) is 8.59. The molecule has 2 aromatic carbocycles. The quantitative estimate of drug-likeness (QED) is 0.748. The molecule has 0 radical (unpaired) electrons. The lowest BCUT2D eigenvalue weighted by molar-refractivity contribution is 0.297. The molecule has 0 aromatic heterocycles. The number of hydrogen-bond donors (Lipinski definition) is 0. The highest BCUT2D eigenvalue weighted by Gasteiger charge is 2.23. The summed E-state index contributed by atoms with van der Waals surface area (Å²) in [4.78, 5) is 1.41. The highest BCUT2D eigenvalue weighted by atomic mass is 32.2. The second-order valence-electron chi connectivity index (χ2n) is 6.03. The zero-order valence-corrected chi connectivity index (χ0v) is 13.7. The topological polar surface area (TPSA) is 9.23 Å². The van der Waals surface area contributed by atoms with Crippen molar-refractivity contribution in [2.24, 2.45) is 0 Å². The Labute approximate surface area is 131 Å². The minimum atomic E-state index is 0.510. The molecule has 1 nitrogen and oxygen atoms in total. The van der Waals surface area contributed by atoms with Crippen LogP contribution >= 0.6 is 11.8 Å². The molecule has 0 fully saturated rings. The SMILES string of the molecule is Cc1cc(OCC2CSc3ccccc32)ccc1C(C)C. The van der Waals surface area contributed by atoms with Crippen LogP contribution in [0.2, 0.25) is 0 Å². The van der Waals surface area contributed by atoms with Crippen LogP contribution in [0.5, 0.6) is 5.75 Å². The van der Waals surface area contributed by atoms with Gasteiger partial charge in [0.15, 0.2) is 0 Å². The summed E-state index contributed by atoms with van der Waals surface area (Å²) in [6.45, 7) is 7.40. The molecule has 3 rings (SSSR count). The maximum atomic E-state index is 6.05. The summed E-state index contributed by atoms with van der Waals surface area (Å²) in [5.41, 5.74) is 4.17. The standard InChI is InChI=1S/C19H22OS/c1-13(2)17-9-8-16(10-14(17)3)20-11-15-12-21-19-7-5-4-6-18(15)19/h4-10,13,15H,11-12H2,1-3H3. The van der Waals surface area contributed by atoms with Crippen molar-refractivity contribution in [1.82, 2.24) is 0 Å². The van der Waals surface area contributed by atoms with E-state index >= 15 is 0 Å². The van der Waals surface area contributed by atoms with Crippen LogP contribution < -0.4 is 4.74 Å². The number of aryl methyl sites for hydroxylation is 1. The molecule has 0 spiro atoms. The van der Waals surface area contributed by atoms with Crippen molar-refractivity contribution in [2.45, 2.75) is 37.5 Å². The van der Waals surface area contributed by atoms with Crippen molar-refractivity contribution in [1.29, 1.82) is 0 Å². The lowest BCUT2D eigenvalue weighted by Crippen LogP contribution is -2.10. The van der Waals surface area contributed by atoms with Gasteiger partial charge >= 0.3 is 0 Å². The molecular formula is C19H22OS. The fourth-order valence-electron chi connectivity index (χ4n) is 2.95. The number of benzene rings is 2. The predicted octanol–water partition coefficient (Wildman–Crippen LogP) is 5.39. The van der Waals surface area contributed by atoms with Gasteiger partial charge in [-0.3, -0.25) is 0 Å². The van der Waals surface area contributed by atoms with Gasteiger partial charge in [-0.15, -0.1) is 11.8 Å². The number of ether oxygens (including phenoxy) is 1. The van der Waals surface area contributed by atoms with Gasteiger partial charge in [0.25, 0.3) is 0 Å². The van der Waals surface area contributed by atoms with Gasteiger partial charge in [-0.1, -0.05) is 38.1 Å². The predicted molar refractivity (Wildman–Crippen MR) is 90.7 cm³/mol. The van der Waals surface area contributed by atoms with E-state index in [-0.39, 0.29) is 0 Å². The highest BCUT2D eigenvalue weighted by molar-refractivity contribution is 7.99. The van der Waals surface area contributed by atoms with Crippen LogP contribution in [-0.2, 0) is 0 Å². The Hall–Kier alpha value is -1.41. The van der Waals surface area contributed by atoms with E-state index in [0.717, 1.165) is 18.1 Å². The van der Waals surface area contributed by atoms with E-state index in [1.165, 1.54) is 21.6 Å². The molecule has 1 atom stereocenters. The Bertz CT molecular complexity index is 633. The first-order chi connectivity index (χ1) is 10.1. The summed E-state index contributed by atoms with van der Waals surface area (Å²) in [5, 5.41) is 0. The van der Waals surface area contributed by atoms with Crippen LogP contribution in [0.1, 0.15) is 42.4 Å². The molecule has 0 amide bonds. The van der Waals surface area contributed by atoms with Crippen LogP contribution in [0.15, 0.2) is 47.4 Å². The second kappa shape index (κ2) is 6.15. The molecule has 0 saturated carbocycles. The van der Waals surface area contributed by atoms with Crippen molar-refractivity contribution in [3.63, 3.8) is 0 Å². The Morgan fingerprint density at radius 1 is 1.19 bits per heavy atom. The smallest absolute Gasteiger partial charge is 0.119 e. The van der Waals surface area contributed by atoms with Gasteiger partial charge in [0.05, 0.1) is 6.61 Å². The molecule has 1 aliphatic rings. The highest BCUT2D eigenvalue weighted by Crippen LogP contribution is 2.39. The number of hydrogen-bond acceptors (Lipinski definition) is 2. The van der Waals surface area contributed by atoms with Gasteiger partial charge in [-0.25, -0.2) is 0 Å². The summed E-state index contributed by atoms with van der Waals surface area (Å²) in [6, 6.07) is 15.2. The van der Waals surface area contributed by atoms with Crippen LogP contribution in [0, 0.1) is 6.92 Å². The molecule has 0 aliphatic carbocycles. The third kappa shape index (κ3) is 3.11. The summed E-state index contributed by atoms with van der Waals surface area (Å²) >= 11 is 1.94. The summed E-state index contributed by atoms with van der Waals surface area (Å²) < 4.78 is 6.05. The number of fused-ring (bicyclic) bond motifs is 1. The van der Waals surface area contributed by atoms with E-state index in [1.54, 1.807) is 0 Å². The van der Waals surface area contributed by atoms with E-state index in [9.17, 15) is 0 Å². The maximum absolute atomic E-state index is 6.05. The number of rotatable bonds is 4. The molecule has 2 heteroatoms. The molecule has 0 N–H and O–H groups in total. The van der Waals surface area contributed by atoms with Crippen molar-refractivity contribution >= 4 is 11.8 Å². The third-order valence-electron chi connectivity index (χ3n) is 4.11. The molecule has 0 bridgehead atoms. The molecular weight excluding hydrogens is 276 g/mol. The van der Waals surface area contributed by atoms with Gasteiger partial charge in [0.1, 0.15) is 5.75 Å². The van der Waals surface area contributed by atoms with Gasteiger partial charge in [0.2, 0.25) is 0 Å². The second-order valence-corrected chi connectivity index (χ2v) is 7.09.